The number of carbonyl (C=O) groups is 3. The summed E-state index contributed by atoms with van der Waals surface area (Å²) in [6, 6.07) is 0. The topological polar surface area (TPSA) is 160 Å². The largest absolute Gasteiger partial charge is 0.465 e. The Hall–Kier alpha value is -2.01. The first-order chi connectivity index (χ1) is 22.4. The van der Waals surface area contributed by atoms with E-state index in [1.165, 1.54) is 20.8 Å². The summed E-state index contributed by atoms with van der Waals surface area (Å²) in [7, 11) is 0. The molecule has 0 spiro atoms. The van der Waals surface area contributed by atoms with Gasteiger partial charge >= 0.3 is 17.9 Å². The number of allylic oxidation sites excluding steroid dienone is 1. The van der Waals surface area contributed by atoms with Crippen LogP contribution < -0.4 is 0 Å². The minimum atomic E-state index is -1.67. The molecular formula is C39H62O10. The van der Waals surface area contributed by atoms with Gasteiger partial charge in [0.25, 0.3) is 0 Å². The Bertz CT molecular complexity index is 1390. The second kappa shape index (κ2) is 12.0. The van der Waals surface area contributed by atoms with Gasteiger partial charge in [-0.15, -0.1) is 0 Å². The highest BCUT2D eigenvalue weighted by Crippen LogP contribution is 2.76. The fraction of sp³-hybridized carbons (Fsp3) is 0.872. The van der Waals surface area contributed by atoms with E-state index in [1.54, 1.807) is 6.92 Å². The summed E-state index contributed by atoms with van der Waals surface area (Å²) < 4.78 is 17.3. The highest BCUT2D eigenvalue weighted by molar-refractivity contribution is 5.82. The van der Waals surface area contributed by atoms with E-state index in [1.807, 2.05) is 13.8 Å². The SMILES string of the molecule is CC[C@](C)(OC(C)=O)C(=O)O[C@H]1[C@H](O)C(C)(C)C[C@H]2C3=CC[C@@H]4[C@@]5(C)CC[C@H](O)C(C)(C)[C@@H]5CC[C@@]4(C)[C@]3(C)[C@@H](O)[C@@H](O)[C@]21COC(C)=O. The van der Waals surface area contributed by atoms with E-state index in [0.717, 1.165) is 31.3 Å². The number of aliphatic hydroxyl groups excluding tert-OH is 4. The van der Waals surface area contributed by atoms with Crippen molar-refractivity contribution in [2.45, 2.75) is 157 Å². The number of hydrogen-bond acceptors (Lipinski definition) is 10. The molecule has 4 N–H and O–H groups in total. The number of ether oxygens (including phenoxy) is 3. The zero-order chi connectivity index (χ0) is 36.9. The van der Waals surface area contributed by atoms with E-state index in [0.29, 0.717) is 12.8 Å². The lowest BCUT2D eigenvalue weighted by molar-refractivity contribution is -0.294. The molecule has 0 amide bonds. The number of esters is 3. The van der Waals surface area contributed by atoms with E-state index in [4.69, 9.17) is 14.2 Å². The van der Waals surface area contributed by atoms with Crippen molar-refractivity contribution in [1.29, 1.82) is 0 Å². The van der Waals surface area contributed by atoms with Gasteiger partial charge in [0.1, 0.15) is 12.7 Å². The van der Waals surface area contributed by atoms with E-state index in [9.17, 15) is 34.8 Å². The Morgan fingerprint density at radius 2 is 1.51 bits per heavy atom. The maximum Gasteiger partial charge on any atom is 0.350 e. The van der Waals surface area contributed by atoms with Crippen LogP contribution in [0.15, 0.2) is 11.6 Å². The molecule has 0 aliphatic heterocycles. The number of rotatable bonds is 6. The summed E-state index contributed by atoms with van der Waals surface area (Å²) in [5.74, 6) is -2.26. The zero-order valence-corrected chi connectivity index (χ0v) is 31.6. The molecule has 49 heavy (non-hydrogen) atoms. The second-order valence-corrected chi connectivity index (χ2v) is 18.5. The van der Waals surface area contributed by atoms with Gasteiger partial charge in [-0.25, -0.2) is 4.79 Å². The van der Waals surface area contributed by atoms with Crippen molar-refractivity contribution < 1.29 is 49.0 Å². The smallest absolute Gasteiger partial charge is 0.350 e. The third-order valence-corrected chi connectivity index (χ3v) is 15.4. The van der Waals surface area contributed by atoms with Crippen LogP contribution in [0.2, 0.25) is 0 Å². The van der Waals surface area contributed by atoms with Crippen LogP contribution in [0.3, 0.4) is 0 Å². The Morgan fingerprint density at radius 3 is 2.08 bits per heavy atom. The van der Waals surface area contributed by atoms with Crippen LogP contribution in [0.25, 0.3) is 0 Å². The zero-order valence-electron chi connectivity index (χ0n) is 31.6. The van der Waals surface area contributed by atoms with E-state index in [2.05, 4.69) is 40.7 Å². The van der Waals surface area contributed by atoms with Gasteiger partial charge in [-0.2, -0.15) is 0 Å². The van der Waals surface area contributed by atoms with Crippen molar-refractivity contribution in [2.24, 2.45) is 50.2 Å². The Morgan fingerprint density at radius 1 is 0.878 bits per heavy atom. The molecule has 4 fully saturated rings. The third-order valence-electron chi connectivity index (χ3n) is 15.4. The van der Waals surface area contributed by atoms with Gasteiger partial charge in [0.2, 0.25) is 5.60 Å². The molecule has 0 saturated heterocycles. The summed E-state index contributed by atoms with van der Waals surface area (Å²) in [6.07, 6.45) is 0.651. The van der Waals surface area contributed by atoms with Gasteiger partial charge in [0.05, 0.1) is 29.8 Å². The van der Waals surface area contributed by atoms with Crippen LogP contribution in [-0.4, -0.2) is 81.1 Å². The van der Waals surface area contributed by atoms with Crippen molar-refractivity contribution in [3.63, 3.8) is 0 Å². The Kier molecular flexibility index (Phi) is 9.38. The predicted octanol–water partition coefficient (Wildman–Crippen LogP) is 4.88. The molecule has 278 valence electrons. The fourth-order valence-corrected chi connectivity index (χ4v) is 12.1. The molecule has 0 heterocycles. The van der Waals surface area contributed by atoms with Crippen LogP contribution in [0.1, 0.15) is 121 Å². The van der Waals surface area contributed by atoms with Gasteiger partial charge in [-0.05, 0) is 91.3 Å². The molecule has 10 nitrogen and oxygen atoms in total. The highest BCUT2D eigenvalue weighted by atomic mass is 16.6. The van der Waals surface area contributed by atoms with Crippen molar-refractivity contribution in [3.8, 4) is 0 Å². The molecule has 0 unspecified atom stereocenters. The summed E-state index contributed by atoms with van der Waals surface area (Å²) in [5.41, 5.74) is -4.89. The predicted molar refractivity (Wildman–Crippen MR) is 182 cm³/mol. The van der Waals surface area contributed by atoms with Gasteiger partial charge in [0.15, 0.2) is 0 Å². The van der Waals surface area contributed by atoms with Gasteiger partial charge in [-0.1, -0.05) is 67.0 Å². The molecule has 0 aromatic rings. The number of hydrogen-bond donors (Lipinski definition) is 4. The van der Waals surface area contributed by atoms with E-state index < -0.39 is 82.1 Å². The lowest BCUT2D eigenvalue weighted by Crippen LogP contribution is -2.76. The molecule has 0 radical (unpaired) electrons. The number of fused-ring (bicyclic) bond motifs is 7. The Labute approximate surface area is 292 Å². The number of carbonyl (C=O) groups excluding carboxylic acids is 3. The molecule has 5 aliphatic rings. The van der Waals surface area contributed by atoms with Gasteiger partial charge in [0, 0.05) is 19.3 Å². The molecule has 13 atom stereocenters. The maximum absolute atomic E-state index is 13.9. The quantitative estimate of drug-likeness (QED) is 0.172. The summed E-state index contributed by atoms with van der Waals surface area (Å²) in [5, 5.41) is 48.4. The molecule has 4 saturated carbocycles. The molecular weight excluding hydrogens is 628 g/mol. The highest BCUT2D eigenvalue weighted by Gasteiger charge is 2.76. The average molecular weight is 691 g/mol. The lowest BCUT2D eigenvalue weighted by Gasteiger charge is -2.73. The monoisotopic (exact) mass is 690 g/mol. The summed E-state index contributed by atoms with van der Waals surface area (Å²) in [6.45, 7) is 20.0. The van der Waals surface area contributed by atoms with Crippen molar-refractivity contribution in [1.82, 2.24) is 0 Å². The molecule has 10 heteroatoms. The normalized spacial score (nSPS) is 46.3. The van der Waals surface area contributed by atoms with Gasteiger partial charge in [-0.3, -0.25) is 9.59 Å². The van der Waals surface area contributed by atoms with Crippen molar-refractivity contribution in [3.05, 3.63) is 11.6 Å². The van der Waals surface area contributed by atoms with Crippen LogP contribution >= 0.6 is 0 Å². The lowest BCUT2D eigenvalue weighted by atomic mass is 9.32. The van der Waals surface area contributed by atoms with Gasteiger partial charge < -0.3 is 34.6 Å². The number of aliphatic hydroxyl groups is 4. The van der Waals surface area contributed by atoms with E-state index >= 15 is 0 Å². The van der Waals surface area contributed by atoms with Crippen LogP contribution in [0, 0.1) is 50.2 Å². The first-order valence-corrected chi connectivity index (χ1v) is 18.4. The molecule has 0 bridgehead atoms. The Balaban J connectivity index is 1.68. The van der Waals surface area contributed by atoms with Crippen molar-refractivity contribution in [2.75, 3.05) is 6.61 Å². The van der Waals surface area contributed by atoms with Crippen LogP contribution in [-0.2, 0) is 28.6 Å². The van der Waals surface area contributed by atoms with E-state index in [-0.39, 0.29) is 35.2 Å². The van der Waals surface area contributed by atoms with Crippen molar-refractivity contribution >= 4 is 17.9 Å². The molecule has 5 aliphatic carbocycles. The second-order valence-electron chi connectivity index (χ2n) is 18.5. The molecule has 0 aromatic carbocycles. The minimum absolute atomic E-state index is 0.0970. The molecule has 5 rings (SSSR count). The molecule has 0 aromatic heterocycles. The standard InChI is InChI=1S/C39H62O10/c1-12-37(10,49-22(3)41)32(46)48-31-30(45)33(4,5)19-24-23-13-14-26-35(8)17-16-27(42)34(6,7)25(35)15-18-36(26,9)38(23,11)28(43)29(44)39(24,31)20-47-21(2)40/h13,24-31,42-45H,12,14-20H2,1-11H3/t24-,25-,26+,27-,28-,29+,30-,31-,35-,36+,37-,38-,39-/m0/s1. The fourth-order valence-electron chi connectivity index (χ4n) is 12.1. The first kappa shape index (κ1) is 38.2. The van der Waals surface area contributed by atoms with Crippen LogP contribution in [0.4, 0.5) is 0 Å². The summed E-state index contributed by atoms with van der Waals surface area (Å²) in [4.78, 5) is 38.4. The summed E-state index contributed by atoms with van der Waals surface area (Å²) >= 11 is 0. The third kappa shape index (κ3) is 5.19. The average Bonchev–Trinajstić information content (AvgIpc) is 3.00. The van der Waals surface area contributed by atoms with Crippen LogP contribution in [0.5, 0.6) is 0 Å². The maximum atomic E-state index is 13.9. The minimum Gasteiger partial charge on any atom is -0.465 e. The first-order valence-electron chi connectivity index (χ1n) is 18.4.